The predicted molar refractivity (Wildman–Crippen MR) is 302 cm³/mol. The summed E-state index contributed by atoms with van der Waals surface area (Å²) in [6.07, 6.45) is 17.9. The minimum absolute atomic E-state index is 0.0777. The molecule has 0 amide bonds. The van der Waals surface area contributed by atoms with Crippen LogP contribution in [-0.2, 0) is 84.2 Å². The first-order chi connectivity index (χ1) is 37.7. The summed E-state index contributed by atoms with van der Waals surface area (Å²) in [5, 5.41) is 2.39. The first-order valence-electron chi connectivity index (χ1n) is 24.6. The maximum atomic E-state index is 12.4. The van der Waals surface area contributed by atoms with Gasteiger partial charge in [0.05, 0.1) is 21.0 Å². The fourth-order valence-electron chi connectivity index (χ4n) is 10.1. The number of Topliss-reactive ketones (excluding diaryl/α,β-unsaturated/α-hetero) is 1. The first-order valence-corrected chi connectivity index (χ1v) is 32.0. The van der Waals surface area contributed by atoms with Crippen LogP contribution in [0, 0.1) is 12.3 Å². The van der Waals surface area contributed by atoms with E-state index >= 15 is 0 Å². The van der Waals surface area contributed by atoms with Gasteiger partial charge in [-0.05, 0) is 126 Å². The van der Waals surface area contributed by atoms with E-state index in [1.165, 1.54) is 18.2 Å². The monoisotopic (exact) mass is 1230 g/mol. The SMILES string of the molecule is C#CCCC(=O)CCCCc1cccc(C(C=CC2=[N+](CCC)c3ccc4ccc(S(=O)(=O)O)cc4c3C2(C)C)=CC=C2N(CCCS(=O)(=O)O)c3ccc4c(S(=O)(=O)[O-])cccc4c3C2(C)C)c1.O=S(=O)=O.O=S(=O)=O.O=S(=O)=O. The predicted octanol–water partition coefficient (Wildman–Crippen LogP) is 7.21. The van der Waals surface area contributed by atoms with Crippen molar-refractivity contribution >= 4 is 112 Å². The van der Waals surface area contributed by atoms with Crippen LogP contribution in [-0.4, -0.2) is 112 Å². The number of carbonyl (C=O) groups excluding carboxylic acids is 1. The van der Waals surface area contributed by atoms with Crippen molar-refractivity contribution in [2.45, 2.75) is 107 Å². The summed E-state index contributed by atoms with van der Waals surface area (Å²) in [5.41, 5.74) is 6.38. The minimum atomic E-state index is -4.83. The van der Waals surface area contributed by atoms with Gasteiger partial charge in [0.25, 0.3) is 20.2 Å². The molecule has 0 aromatic heterocycles. The number of nitrogens with zero attached hydrogens (tertiary/aromatic N) is 2. The molecule has 0 bridgehead atoms. The molecule has 81 heavy (non-hydrogen) atoms. The van der Waals surface area contributed by atoms with Gasteiger partial charge in [0.1, 0.15) is 22.4 Å². The average molecular weight is 1230 g/mol. The lowest BCUT2D eigenvalue weighted by Crippen LogP contribution is -2.28. The lowest BCUT2D eigenvalue weighted by molar-refractivity contribution is -0.437. The quantitative estimate of drug-likeness (QED) is 0.0271. The van der Waals surface area contributed by atoms with Crippen LogP contribution < -0.4 is 4.90 Å². The Kier molecular flexibility index (Phi) is 23.2. The van der Waals surface area contributed by atoms with Gasteiger partial charge in [-0.3, -0.25) is 13.9 Å². The molecular formula is C54H58N2O19S6. The molecule has 27 heteroatoms. The van der Waals surface area contributed by atoms with Crippen LogP contribution in [0.3, 0.4) is 0 Å². The maximum Gasteiger partial charge on any atom is 0.425 e. The van der Waals surface area contributed by atoms with Crippen LogP contribution in [0.5, 0.6) is 0 Å². The van der Waals surface area contributed by atoms with Gasteiger partial charge in [0.2, 0.25) is 5.69 Å². The topological polar surface area (TPSA) is 343 Å². The molecule has 21 nitrogen and oxygen atoms in total. The van der Waals surface area contributed by atoms with E-state index in [0.29, 0.717) is 42.3 Å². The summed E-state index contributed by atoms with van der Waals surface area (Å²) in [4.78, 5) is 13.8. The zero-order chi connectivity index (χ0) is 60.8. The van der Waals surface area contributed by atoms with Crippen LogP contribution in [0.2, 0.25) is 0 Å². The Hall–Kier alpha value is -6.87. The summed E-state index contributed by atoms with van der Waals surface area (Å²) in [6, 6.07) is 24.8. The summed E-state index contributed by atoms with van der Waals surface area (Å²) in [7, 11) is -22.9. The van der Waals surface area contributed by atoms with Gasteiger partial charge >= 0.3 is 31.8 Å². The van der Waals surface area contributed by atoms with E-state index in [1.54, 1.807) is 30.3 Å². The number of rotatable bonds is 19. The molecule has 2 aliphatic rings. The minimum Gasteiger partial charge on any atom is -0.744 e. The van der Waals surface area contributed by atoms with Crippen molar-refractivity contribution in [2.24, 2.45) is 0 Å². The molecule has 5 aromatic carbocycles. The molecule has 0 saturated heterocycles. The molecule has 0 fully saturated rings. The smallest absolute Gasteiger partial charge is 0.425 e. The second-order valence-corrected chi connectivity index (χ2v) is 25.0. The molecule has 0 radical (unpaired) electrons. The van der Waals surface area contributed by atoms with E-state index in [9.17, 15) is 43.7 Å². The molecule has 2 heterocycles. The molecular weight excluding hydrogens is 1170 g/mol. The number of benzene rings is 5. The average Bonchev–Trinajstić information content (AvgIpc) is 3.71. The molecule has 2 N–H and O–H groups in total. The second-order valence-electron chi connectivity index (χ2n) is 19.4. The van der Waals surface area contributed by atoms with Crippen LogP contribution in [0.4, 0.5) is 11.4 Å². The lowest BCUT2D eigenvalue weighted by Gasteiger charge is -2.27. The largest absolute Gasteiger partial charge is 0.744 e. The molecule has 0 aliphatic carbocycles. The van der Waals surface area contributed by atoms with E-state index in [0.717, 1.165) is 76.0 Å². The third-order valence-corrected chi connectivity index (χ3v) is 15.8. The number of allylic oxidation sites excluding steroid dienone is 6. The number of anilines is 1. The highest BCUT2D eigenvalue weighted by molar-refractivity contribution is 7.86. The van der Waals surface area contributed by atoms with Gasteiger partial charge in [0.15, 0.2) is 5.71 Å². The number of carbonyl (C=O) groups is 1. The van der Waals surface area contributed by atoms with Crippen LogP contribution in [0.25, 0.3) is 27.1 Å². The van der Waals surface area contributed by atoms with Crippen molar-refractivity contribution in [3.05, 3.63) is 137 Å². The summed E-state index contributed by atoms with van der Waals surface area (Å²) in [6.45, 7) is 11.1. The molecule has 0 unspecified atom stereocenters. The molecule has 0 saturated carbocycles. The summed E-state index contributed by atoms with van der Waals surface area (Å²) in [5.74, 6) is 2.20. The molecule has 0 spiro atoms. The van der Waals surface area contributed by atoms with Crippen LogP contribution in [0.1, 0.15) is 102 Å². The van der Waals surface area contributed by atoms with Gasteiger partial charge in [-0.2, -0.15) is 21.4 Å². The molecule has 434 valence electrons. The number of terminal acetylenes is 1. The molecule has 0 atom stereocenters. The maximum absolute atomic E-state index is 12.4. The Morgan fingerprint density at radius 2 is 1.37 bits per heavy atom. The number of aryl methyl sites for hydroxylation is 1. The van der Waals surface area contributed by atoms with Crippen LogP contribution >= 0.6 is 0 Å². The number of hydrogen-bond donors (Lipinski definition) is 2. The van der Waals surface area contributed by atoms with E-state index in [4.69, 9.17) is 44.3 Å². The third-order valence-electron chi connectivity index (χ3n) is 13.3. The Labute approximate surface area is 475 Å². The Bertz CT molecular complexity index is 4060. The lowest BCUT2D eigenvalue weighted by atomic mass is 9.79. The fourth-order valence-corrected chi connectivity index (χ4v) is 11.8. The highest BCUT2D eigenvalue weighted by atomic mass is 32.2. The highest BCUT2D eigenvalue weighted by Gasteiger charge is 2.46. The zero-order valence-corrected chi connectivity index (χ0v) is 49.3. The van der Waals surface area contributed by atoms with E-state index < -0.39 is 78.8 Å². The number of unbranched alkanes of at least 4 members (excludes halogenated alkanes) is 1. The van der Waals surface area contributed by atoms with Crippen molar-refractivity contribution < 1.29 is 86.2 Å². The standard InChI is InChI=1S/C54H58N2O10S3.3O3S/c1-7-9-18-41(57)19-11-10-15-37-16-12-17-40(35-37)38(24-30-49-54(5,6)52-45-36-42(68(61,62)63)26-22-39(45)23-28-46(52)55(49)32-8-2)25-31-50-53(3,4)51-44-20-13-21-48(69(64,65)66)43(44)27-29-47(51)56(50)33-14-34-67(58,59)60;3*1-4(2)3/h1,12-13,16-17,20-31,35-36H,8-11,14-15,18-19,32-34H2,2-6H3,(H2-,58,59,60,61,62,63,64,65,66);;;. The van der Waals surface area contributed by atoms with Gasteiger partial charge < -0.3 is 9.45 Å². The van der Waals surface area contributed by atoms with Crippen molar-refractivity contribution in [1.82, 2.24) is 0 Å². The normalized spacial score (nSPS) is 14.9. The van der Waals surface area contributed by atoms with E-state index in [-0.39, 0.29) is 33.9 Å². The molecule has 7 rings (SSSR count). The highest BCUT2D eigenvalue weighted by Crippen LogP contribution is 2.52. The Morgan fingerprint density at radius 3 is 1.96 bits per heavy atom. The zero-order valence-electron chi connectivity index (χ0n) is 44.4. The first kappa shape index (κ1) is 66.6. The Morgan fingerprint density at radius 1 is 0.741 bits per heavy atom. The summed E-state index contributed by atoms with van der Waals surface area (Å²) >= 11 is 0. The van der Waals surface area contributed by atoms with Crippen molar-refractivity contribution in [3.8, 4) is 12.3 Å². The van der Waals surface area contributed by atoms with Crippen LogP contribution in [0.15, 0.2) is 125 Å². The fraction of sp³-hybridized carbons (Fsp3) is 0.333. The van der Waals surface area contributed by atoms with Crippen molar-refractivity contribution in [1.29, 1.82) is 0 Å². The van der Waals surface area contributed by atoms with Crippen molar-refractivity contribution in [2.75, 3.05) is 23.7 Å². The van der Waals surface area contributed by atoms with Gasteiger partial charge in [-0.25, -0.2) is 8.42 Å². The van der Waals surface area contributed by atoms with Crippen molar-refractivity contribution in [3.63, 3.8) is 0 Å². The van der Waals surface area contributed by atoms with E-state index in [1.807, 2.05) is 55.2 Å². The number of fused-ring (bicyclic) bond motifs is 6. The van der Waals surface area contributed by atoms with Gasteiger partial charge in [-0.1, -0.05) is 75.4 Å². The van der Waals surface area contributed by atoms with E-state index in [2.05, 4.69) is 55.6 Å². The molecule has 2 aliphatic heterocycles. The van der Waals surface area contributed by atoms with Gasteiger partial charge in [0, 0.05) is 66.7 Å². The van der Waals surface area contributed by atoms with Gasteiger partial charge in [-0.15, -0.1) is 50.2 Å². The number of ketones is 1. The third kappa shape index (κ3) is 18.1. The number of hydrogen-bond acceptors (Lipinski definition) is 18. The Balaban J connectivity index is 0.00000107. The second kappa shape index (κ2) is 28.2. The summed E-state index contributed by atoms with van der Waals surface area (Å²) < 4.78 is 184. The molecule has 5 aromatic rings.